The van der Waals surface area contributed by atoms with Gasteiger partial charge in [0.1, 0.15) is 0 Å². The third-order valence-electron chi connectivity index (χ3n) is 0.851. The largest absolute Gasteiger partial charge is 0.400 e. The lowest BCUT2D eigenvalue weighted by molar-refractivity contribution is 0.0948. The summed E-state index contributed by atoms with van der Waals surface area (Å²) in [5.41, 5.74) is -0.0400. The van der Waals surface area contributed by atoms with E-state index in [2.05, 4.69) is 0 Å². The second-order valence-corrected chi connectivity index (χ2v) is 4.88. The van der Waals surface area contributed by atoms with E-state index in [0.717, 1.165) is 0 Å². The molecule has 0 aromatic rings. The minimum absolute atomic E-state index is 0.0400. The highest BCUT2D eigenvalue weighted by atomic mass is 28.3. The molecule has 0 N–H and O–H groups in total. The molecule has 9 heavy (non-hydrogen) atoms. The van der Waals surface area contributed by atoms with Gasteiger partial charge in [0.15, 0.2) is 0 Å². The Morgan fingerprint density at radius 3 is 1.78 bits per heavy atom. The Labute approximate surface area is 59.0 Å². The van der Waals surface area contributed by atoms with Gasteiger partial charge in [0.2, 0.25) is 0 Å². The Hall–Kier alpha value is 0.137. The maximum atomic E-state index is 5.50. The fourth-order valence-electron chi connectivity index (χ4n) is 0.546. The summed E-state index contributed by atoms with van der Waals surface area (Å²) < 4.78 is 10.5. The molecule has 56 valence electrons. The van der Waals surface area contributed by atoms with Gasteiger partial charge in [-0.1, -0.05) is 0 Å². The van der Waals surface area contributed by atoms with Crippen molar-refractivity contribution in [2.24, 2.45) is 0 Å². The topological polar surface area (TPSA) is 18.5 Å². The summed E-state index contributed by atoms with van der Waals surface area (Å²) in [7, 11) is 0.391. The molecule has 0 rings (SSSR count). The predicted octanol–water partition coefficient (Wildman–Crippen LogP) is 1.30. The predicted molar refractivity (Wildman–Crippen MR) is 40.9 cm³/mol. The molecule has 0 aromatic heterocycles. The zero-order valence-corrected chi connectivity index (χ0v) is 8.05. The molecular formula is C6H16O2Si. The molecule has 1 unspecified atom stereocenters. The number of hydrogen-bond acceptors (Lipinski definition) is 2. The van der Waals surface area contributed by atoms with Crippen LogP contribution in [0.1, 0.15) is 20.8 Å². The summed E-state index contributed by atoms with van der Waals surface area (Å²) in [5, 5.41) is 0. The van der Waals surface area contributed by atoms with Crippen molar-refractivity contribution in [2.45, 2.75) is 32.9 Å². The molecule has 0 fully saturated rings. The molecule has 1 atom stereocenters. The van der Waals surface area contributed by atoms with Gasteiger partial charge >= 0.3 is 9.28 Å². The van der Waals surface area contributed by atoms with Gasteiger partial charge in [-0.25, -0.2) is 0 Å². The lowest BCUT2D eigenvalue weighted by atomic mass is 10.2. The lowest BCUT2D eigenvalue weighted by Gasteiger charge is -2.23. The summed E-state index contributed by atoms with van der Waals surface area (Å²) >= 11 is 0. The van der Waals surface area contributed by atoms with Crippen molar-refractivity contribution in [1.82, 2.24) is 0 Å². The van der Waals surface area contributed by atoms with Crippen LogP contribution in [0.25, 0.3) is 0 Å². The zero-order valence-electron chi connectivity index (χ0n) is 6.89. The van der Waals surface area contributed by atoms with Gasteiger partial charge in [-0.15, -0.1) is 0 Å². The van der Waals surface area contributed by atoms with Crippen molar-refractivity contribution < 1.29 is 8.85 Å². The van der Waals surface area contributed by atoms with Crippen molar-refractivity contribution >= 4 is 9.28 Å². The Morgan fingerprint density at radius 1 is 1.22 bits per heavy atom. The highest BCUT2D eigenvalue weighted by Gasteiger charge is 2.15. The highest BCUT2D eigenvalue weighted by Crippen LogP contribution is 2.08. The first-order chi connectivity index (χ1) is 3.95. The summed E-state index contributed by atoms with van der Waals surface area (Å²) in [6.07, 6.45) is 0. The summed E-state index contributed by atoms with van der Waals surface area (Å²) in [5.74, 6) is 0. The van der Waals surface area contributed by atoms with Crippen LogP contribution in [0.15, 0.2) is 0 Å². The van der Waals surface area contributed by atoms with E-state index in [0.29, 0.717) is 0 Å². The van der Waals surface area contributed by atoms with Crippen molar-refractivity contribution in [3.8, 4) is 0 Å². The molecule has 0 bridgehead atoms. The SMILES string of the molecule is CO[SiH](C)OC(C)(C)C. The molecule has 0 aliphatic heterocycles. The smallest absolute Gasteiger partial charge is 0.318 e. The van der Waals surface area contributed by atoms with E-state index in [4.69, 9.17) is 8.85 Å². The van der Waals surface area contributed by atoms with Crippen molar-refractivity contribution in [2.75, 3.05) is 7.11 Å². The molecule has 3 heteroatoms. The fourth-order valence-corrected chi connectivity index (χ4v) is 1.64. The standard InChI is InChI=1S/C6H16O2Si/c1-6(2,3)8-9(5)7-4/h9H,1-5H3. The minimum atomic E-state index is -1.31. The first-order valence-electron chi connectivity index (χ1n) is 3.16. The first kappa shape index (κ1) is 9.14. The van der Waals surface area contributed by atoms with Crippen LogP contribution in [0, 0.1) is 0 Å². The van der Waals surface area contributed by atoms with Gasteiger partial charge in [-0.3, -0.25) is 0 Å². The lowest BCUT2D eigenvalue weighted by Crippen LogP contribution is -2.29. The van der Waals surface area contributed by atoms with E-state index >= 15 is 0 Å². The second-order valence-electron chi connectivity index (χ2n) is 3.03. The van der Waals surface area contributed by atoms with Crippen LogP contribution in [0.2, 0.25) is 6.55 Å². The van der Waals surface area contributed by atoms with Gasteiger partial charge in [0.05, 0.1) is 0 Å². The average Bonchev–Trinajstić information content (AvgIpc) is 1.62. The third kappa shape index (κ3) is 6.02. The molecule has 0 spiro atoms. The van der Waals surface area contributed by atoms with Crippen LogP contribution in [-0.4, -0.2) is 22.0 Å². The molecule has 2 nitrogen and oxygen atoms in total. The number of rotatable bonds is 2. The van der Waals surface area contributed by atoms with Crippen LogP contribution in [0.5, 0.6) is 0 Å². The van der Waals surface area contributed by atoms with Crippen LogP contribution in [0.3, 0.4) is 0 Å². The minimum Gasteiger partial charge on any atom is -0.400 e. The normalized spacial score (nSPS) is 15.7. The number of hydrogen-bond donors (Lipinski definition) is 0. The van der Waals surface area contributed by atoms with Gasteiger partial charge in [-0.05, 0) is 27.3 Å². The van der Waals surface area contributed by atoms with Gasteiger partial charge in [0.25, 0.3) is 0 Å². The van der Waals surface area contributed by atoms with E-state index < -0.39 is 9.28 Å². The van der Waals surface area contributed by atoms with Gasteiger partial charge in [-0.2, -0.15) is 0 Å². The Bertz CT molecular complexity index is 77.6. The van der Waals surface area contributed by atoms with Gasteiger partial charge < -0.3 is 8.85 Å². The van der Waals surface area contributed by atoms with Crippen LogP contribution in [0.4, 0.5) is 0 Å². The monoisotopic (exact) mass is 148 g/mol. The maximum Gasteiger partial charge on any atom is 0.318 e. The first-order valence-corrected chi connectivity index (χ1v) is 5.26. The van der Waals surface area contributed by atoms with E-state index in [1.54, 1.807) is 7.11 Å². The average molecular weight is 148 g/mol. The molecule has 0 saturated carbocycles. The Kier molecular flexibility index (Phi) is 3.39. The molecule has 0 aliphatic carbocycles. The Morgan fingerprint density at radius 2 is 1.67 bits per heavy atom. The molecule has 0 saturated heterocycles. The fraction of sp³-hybridized carbons (Fsp3) is 1.00. The van der Waals surface area contributed by atoms with Crippen LogP contribution >= 0.6 is 0 Å². The maximum absolute atomic E-state index is 5.50. The van der Waals surface area contributed by atoms with Crippen molar-refractivity contribution in [1.29, 1.82) is 0 Å². The van der Waals surface area contributed by atoms with E-state index in [1.165, 1.54) is 0 Å². The van der Waals surface area contributed by atoms with Crippen molar-refractivity contribution in [3.63, 3.8) is 0 Å². The third-order valence-corrected chi connectivity index (χ3v) is 2.55. The Balaban J connectivity index is 3.47. The quantitative estimate of drug-likeness (QED) is 0.550. The molecule has 0 heterocycles. The zero-order chi connectivity index (χ0) is 7.49. The molecule has 0 aromatic carbocycles. The molecule has 0 radical (unpaired) electrons. The van der Waals surface area contributed by atoms with Crippen LogP contribution in [-0.2, 0) is 8.85 Å². The van der Waals surface area contributed by atoms with Crippen LogP contribution < -0.4 is 0 Å². The molecule has 0 amide bonds. The summed E-state index contributed by atoms with van der Waals surface area (Å²) in [6, 6.07) is 0. The molecule has 0 aliphatic rings. The molecular weight excluding hydrogens is 132 g/mol. The second kappa shape index (κ2) is 3.34. The van der Waals surface area contributed by atoms with E-state index in [-0.39, 0.29) is 5.60 Å². The summed E-state index contributed by atoms with van der Waals surface area (Å²) in [6.45, 7) is 8.13. The van der Waals surface area contributed by atoms with E-state index in [9.17, 15) is 0 Å². The van der Waals surface area contributed by atoms with E-state index in [1.807, 2.05) is 27.3 Å². The van der Waals surface area contributed by atoms with Gasteiger partial charge in [0, 0.05) is 12.7 Å². The highest BCUT2D eigenvalue weighted by molar-refractivity contribution is 6.42. The summed E-state index contributed by atoms with van der Waals surface area (Å²) in [4.78, 5) is 0. The van der Waals surface area contributed by atoms with Crippen molar-refractivity contribution in [3.05, 3.63) is 0 Å².